The Morgan fingerprint density at radius 2 is 2.22 bits per heavy atom. The van der Waals surface area contributed by atoms with Gasteiger partial charge in [-0.2, -0.15) is 5.10 Å². The molecule has 0 aliphatic heterocycles. The van der Waals surface area contributed by atoms with Crippen molar-refractivity contribution >= 4 is 16.9 Å². The van der Waals surface area contributed by atoms with E-state index >= 15 is 0 Å². The van der Waals surface area contributed by atoms with Crippen LogP contribution in [-0.4, -0.2) is 20.9 Å². The number of benzene rings is 1. The molecule has 3 rings (SSSR count). The predicted molar refractivity (Wildman–Crippen MR) is 68.6 cm³/mol. The van der Waals surface area contributed by atoms with E-state index in [9.17, 15) is 4.79 Å². The highest BCUT2D eigenvalue weighted by atomic mass is 16.4. The normalized spacial score (nSPS) is 17.0. The van der Waals surface area contributed by atoms with Crippen LogP contribution in [0.4, 0.5) is 0 Å². The van der Waals surface area contributed by atoms with Crippen LogP contribution in [0.25, 0.3) is 10.9 Å². The molecular weight excluding hydrogens is 228 g/mol. The minimum Gasteiger partial charge on any atom is -0.481 e. The smallest absolute Gasteiger partial charge is 0.304 e. The van der Waals surface area contributed by atoms with Gasteiger partial charge in [-0.15, -0.1) is 0 Å². The number of aliphatic carboxylic acids is 1. The van der Waals surface area contributed by atoms with Gasteiger partial charge in [-0.25, -0.2) is 0 Å². The van der Waals surface area contributed by atoms with Crippen LogP contribution in [0, 0.1) is 6.92 Å². The Morgan fingerprint density at radius 1 is 1.50 bits per heavy atom. The van der Waals surface area contributed by atoms with Crippen LogP contribution in [0.15, 0.2) is 18.2 Å². The largest absolute Gasteiger partial charge is 0.481 e. The quantitative estimate of drug-likeness (QED) is 0.902. The Bertz CT molecular complexity index is 639. The van der Waals surface area contributed by atoms with Gasteiger partial charge >= 0.3 is 5.97 Å². The lowest BCUT2D eigenvalue weighted by Crippen LogP contribution is -2.12. The van der Waals surface area contributed by atoms with Crippen molar-refractivity contribution in [3.05, 3.63) is 29.5 Å². The van der Waals surface area contributed by atoms with Crippen molar-refractivity contribution in [3.63, 3.8) is 0 Å². The number of aromatic nitrogens is 2. The van der Waals surface area contributed by atoms with Crippen LogP contribution in [0.1, 0.15) is 30.5 Å². The number of carbonyl (C=O) groups is 1. The van der Waals surface area contributed by atoms with Gasteiger partial charge in [-0.1, -0.05) is 12.1 Å². The molecule has 1 heterocycles. The first-order valence-corrected chi connectivity index (χ1v) is 6.17. The zero-order chi connectivity index (χ0) is 12.9. The molecule has 0 amide bonds. The molecule has 1 aliphatic rings. The van der Waals surface area contributed by atoms with E-state index in [4.69, 9.17) is 5.11 Å². The number of hydrogen-bond acceptors (Lipinski definition) is 2. The fourth-order valence-electron chi connectivity index (χ4n) is 2.78. The van der Waals surface area contributed by atoms with Crippen LogP contribution in [0.5, 0.6) is 0 Å². The van der Waals surface area contributed by atoms with Crippen molar-refractivity contribution < 1.29 is 9.90 Å². The maximum Gasteiger partial charge on any atom is 0.304 e. The highest BCUT2D eigenvalue weighted by molar-refractivity contribution is 5.83. The van der Waals surface area contributed by atoms with Gasteiger partial charge in [0, 0.05) is 17.8 Å². The molecule has 1 N–H and O–H groups in total. The van der Waals surface area contributed by atoms with Gasteiger partial charge in [-0.05, 0) is 31.4 Å². The first kappa shape index (κ1) is 11.3. The summed E-state index contributed by atoms with van der Waals surface area (Å²) in [6.45, 7) is 1.99. The summed E-state index contributed by atoms with van der Waals surface area (Å²) < 4.78 is 1.87. The lowest BCUT2D eigenvalue weighted by molar-refractivity contribution is -0.137. The number of hydrogen-bond donors (Lipinski definition) is 1. The van der Waals surface area contributed by atoms with E-state index in [1.807, 2.05) is 18.7 Å². The van der Waals surface area contributed by atoms with Gasteiger partial charge in [0.2, 0.25) is 0 Å². The second-order valence-electron chi connectivity index (χ2n) is 5.29. The second kappa shape index (κ2) is 3.57. The SMILES string of the molecule is Cc1nn(C)c2cc(C3(CC(=O)O)CC3)ccc12. The zero-order valence-corrected chi connectivity index (χ0v) is 10.6. The molecule has 4 heteroatoms. The number of carboxylic acid groups (broad SMARTS) is 1. The van der Waals surface area contributed by atoms with Gasteiger partial charge < -0.3 is 5.11 Å². The molecule has 1 fully saturated rings. The molecule has 0 saturated heterocycles. The maximum absolute atomic E-state index is 10.9. The summed E-state index contributed by atoms with van der Waals surface area (Å²) in [7, 11) is 1.93. The highest BCUT2D eigenvalue weighted by Gasteiger charge is 2.46. The predicted octanol–water partition coefficient (Wildman–Crippen LogP) is 2.39. The van der Waals surface area contributed by atoms with Gasteiger partial charge in [-0.3, -0.25) is 9.48 Å². The number of carboxylic acids is 1. The highest BCUT2D eigenvalue weighted by Crippen LogP contribution is 2.51. The van der Waals surface area contributed by atoms with Crippen LogP contribution >= 0.6 is 0 Å². The van der Waals surface area contributed by atoms with Crippen molar-refractivity contribution in [2.75, 3.05) is 0 Å². The fraction of sp³-hybridized carbons (Fsp3) is 0.429. The van der Waals surface area contributed by atoms with Crippen LogP contribution in [0.2, 0.25) is 0 Å². The number of nitrogens with zero attached hydrogens (tertiary/aromatic N) is 2. The van der Waals surface area contributed by atoms with E-state index in [0.29, 0.717) is 0 Å². The van der Waals surface area contributed by atoms with Crippen molar-refractivity contribution in [1.29, 1.82) is 0 Å². The molecule has 4 nitrogen and oxygen atoms in total. The summed E-state index contributed by atoms with van der Waals surface area (Å²) in [6.07, 6.45) is 2.18. The van der Waals surface area contributed by atoms with Gasteiger partial charge in [0.05, 0.1) is 17.6 Å². The molecule has 0 unspecified atom stereocenters. The van der Waals surface area contributed by atoms with Gasteiger partial charge in [0.15, 0.2) is 0 Å². The van der Waals surface area contributed by atoms with E-state index in [2.05, 4.69) is 23.3 Å². The molecular formula is C14H16N2O2. The summed E-state index contributed by atoms with van der Waals surface area (Å²) in [6, 6.07) is 6.23. The first-order valence-electron chi connectivity index (χ1n) is 6.17. The lowest BCUT2D eigenvalue weighted by Gasteiger charge is -2.13. The number of aryl methyl sites for hydroxylation is 2. The Labute approximate surface area is 105 Å². The third-order valence-electron chi connectivity index (χ3n) is 3.99. The monoisotopic (exact) mass is 244 g/mol. The van der Waals surface area contributed by atoms with Crippen molar-refractivity contribution in [3.8, 4) is 0 Å². The minimum absolute atomic E-state index is 0.127. The third kappa shape index (κ3) is 1.60. The summed E-state index contributed by atoms with van der Waals surface area (Å²) in [5.41, 5.74) is 3.11. The number of fused-ring (bicyclic) bond motifs is 1. The fourth-order valence-corrected chi connectivity index (χ4v) is 2.78. The van der Waals surface area contributed by atoms with E-state index in [-0.39, 0.29) is 11.8 Å². The van der Waals surface area contributed by atoms with Gasteiger partial charge in [0.1, 0.15) is 0 Å². The number of rotatable bonds is 3. The molecule has 1 aromatic carbocycles. The standard InChI is InChI=1S/C14H16N2O2/c1-9-11-4-3-10(7-12(11)16(2)15-9)14(5-6-14)8-13(17)18/h3-4,7H,5-6,8H2,1-2H3,(H,17,18). The molecule has 0 radical (unpaired) electrons. The average molecular weight is 244 g/mol. The summed E-state index contributed by atoms with van der Waals surface area (Å²) in [5.74, 6) is -0.714. The van der Waals surface area contributed by atoms with E-state index in [0.717, 1.165) is 35.0 Å². The minimum atomic E-state index is -0.714. The van der Waals surface area contributed by atoms with Gasteiger partial charge in [0.25, 0.3) is 0 Å². The Kier molecular flexibility index (Phi) is 2.24. The average Bonchev–Trinajstić information content (AvgIpc) is 3.02. The third-order valence-corrected chi connectivity index (χ3v) is 3.99. The van der Waals surface area contributed by atoms with Crippen molar-refractivity contribution in [2.24, 2.45) is 7.05 Å². The van der Waals surface area contributed by atoms with Crippen LogP contribution in [-0.2, 0) is 17.3 Å². The Balaban J connectivity index is 2.09. The second-order valence-corrected chi connectivity index (χ2v) is 5.29. The van der Waals surface area contributed by atoms with Crippen LogP contribution < -0.4 is 0 Å². The molecule has 94 valence electrons. The summed E-state index contributed by atoms with van der Waals surface area (Å²) in [4.78, 5) is 10.9. The molecule has 18 heavy (non-hydrogen) atoms. The molecule has 2 aromatic rings. The summed E-state index contributed by atoms with van der Waals surface area (Å²) >= 11 is 0. The molecule has 0 bridgehead atoms. The lowest BCUT2D eigenvalue weighted by atomic mass is 9.91. The van der Waals surface area contributed by atoms with E-state index in [1.54, 1.807) is 0 Å². The maximum atomic E-state index is 10.9. The summed E-state index contributed by atoms with van der Waals surface area (Å²) in [5, 5.41) is 14.5. The van der Waals surface area contributed by atoms with E-state index < -0.39 is 5.97 Å². The Hall–Kier alpha value is -1.84. The first-order chi connectivity index (χ1) is 8.52. The Morgan fingerprint density at radius 3 is 2.83 bits per heavy atom. The topological polar surface area (TPSA) is 55.1 Å². The molecule has 0 spiro atoms. The van der Waals surface area contributed by atoms with Crippen LogP contribution in [0.3, 0.4) is 0 Å². The van der Waals surface area contributed by atoms with E-state index in [1.165, 1.54) is 0 Å². The molecule has 1 aliphatic carbocycles. The van der Waals surface area contributed by atoms with Crippen molar-refractivity contribution in [1.82, 2.24) is 9.78 Å². The molecule has 1 saturated carbocycles. The molecule has 1 aromatic heterocycles. The zero-order valence-electron chi connectivity index (χ0n) is 10.6. The molecule has 0 atom stereocenters. The van der Waals surface area contributed by atoms with Crippen molar-refractivity contribution in [2.45, 2.75) is 31.6 Å².